The Bertz CT molecular complexity index is 599. The summed E-state index contributed by atoms with van der Waals surface area (Å²) in [5.41, 5.74) is 7.34. The lowest BCUT2D eigenvalue weighted by Gasteiger charge is -2.29. The van der Waals surface area contributed by atoms with E-state index in [0.717, 1.165) is 62.0 Å². The van der Waals surface area contributed by atoms with Gasteiger partial charge in [0, 0.05) is 24.5 Å². The third-order valence-corrected chi connectivity index (χ3v) is 4.96. The molecule has 3 rings (SSSR count). The lowest BCUT2D eigenvalue weighted by atomic mass is 9.97. The van der Waals surface area contributed by atoms with E-state index in [-0.39, 0.29) is 17.7 Å². The van der Waals surface area contributed by atoms with Gasteiger partial charge in [-0.15, -0.1) is 0 Å². The molecule has 25 heavy (non-hydrogen) atoms. The van der Waals surface area contributed by atoms with Crippen LogP contribution in [-0.2, 0) is 14.3 Å². The summed E-state index contributed by atoms with van der Waals surface area (Å²) in [4.78, 5) is 27.0. The fraction of sp³-hybridized carbons (Fsp3) is 0.556. The number of carbonyl (C=O) groups excluding carboxylic acids is 2. The SMILES string of the molecule is NC(=O)[C@H]1CCC[NH+](CC(=O)Nc2ccc(N3CCOCC3)cc2)C1. The molecule has 0 radical (unpaired) electrons. The van der Waals surface area contributed by atoms with Gasteiger partial charge in [-0.1, -0.05) is 0 Å². The first kappa shape index (κ1) is 17.7. The van der Waals surface area contributed by atoms with Gasteiger partial charge in [0.1, 0.15) is 0 Å². The number of morpholine rings is 1. The summed E-state index contributed by atoms with van der Waals surface area (Å²) in [5, 5.41) is 2.94. The molecule has 0 aromatic heterocycles. The maximum Gasteiger partial charge on any atom is 0.279 e. The van der Waals surface area contributed by atoms with Gasteiger partial charge in [0.25, 0.3) is 5.91 Å². The molecule has 2 saturated heterocycles. The standard InChI is InChI=1S/C18H26N4O3/c19-18(24)14-2-1-7-21(12-14)13-17(23)20-15-3-5-16(6-4-15)22-8-10-25-11-9-22/h3-6,14H,1-2,7-13H2,(H2,19,24)(H,20,23)/p+1/t14-/m0/s1. The van der Waals surface area contributed by atoms with Crippen molar-refractivity contribution in [3.05, 3.63) is 24.3 Å². The van der Waals surface area contributed by atoms with Crippen molar-refractivity contribution in [2.24, 2.45) is 11.7 Å². The number of hydrogen-bond donors (Lipinski definition) is 3. The van der Waals surface area contributed by atoms with Crippen molar-refractivity contribution in [3.8, 4) is 0 Å². The van der Waals surface area contributed by atoms with E-state index >= 15 is 0 Å². The molecule has 1 aromatic rings. The maximum atomic E-state index is 12.3. The maximum absolute atomic E-state index is 12.3. The van der Waals surface area contributed by atoms with Crippen molar-refractivity contribution in [2.45, 2.75) is 12.8 Å². The molecule has 2 amide bonds. The van der Waals surface area contributed by atoms with Crippen LogP contribution >= 0.6 is 0 Å². The molecule has 2 aliphatic rings. The van der Waals surface area contributed by atoms with Crippen LogP contribution in [0.3, 0.4) is 0 Å². The highest BCUT2D eigenvalue weighted by Gasteiger charge is 2.28. The molecular weight excluding hydrogens is 320 g/mol. The molecule has 2 aliphatic heterocycles. The number of piperidine rings is 1. The number of hydrogen-bond acceptors (Lipinski definition) is 4. The number of anilines is 2. The number of benzene rings is 1. The summed E-state index contributed by atoms with van der Waals surface area (Å²) >= 11 is 0. The van der Waals surface area contributed by atoms with Gasteiger partial charge in [0.05, 0.1) is 32.2 Å². The average Bonchev–Trinajstić information content (AvgIpc) is 2.63. The number of nitrogens with two attached hydrogens (primary N) is 1. The van der Waals surface area contributed by atoms with E-state index in [1.165, 1.54) is 0 Å². The number of carbonyl (C=O) groups is 2. The molecule has 7 heteroatoms. The van der Waals surface area contributed by atoms with E-state index < -0.39 is 0 Å². The van der Waals surface area contributed by atoms with E-state index in [1.807, 2.05) is 24.3 Å². The number of ether oxygens (including phenoxy) is 1. The van der Waals surface area contributed by atoms with Gasteiger partial charge in [-0.3, -0.25) is 9.59 Å². The largest absolute Gasteiger partial charge is 0.378 e. The van der Waals surface area contributed by atoms with Crippen LogP contribution in [0.4, 0.5) is 11.4 Å². The minimum absolute atomic E-state index is 0.0285. The first-order valence-electron chi connectivity index (χ1n) is 8.97. The molecule has 1 unspecified atom stereocenters. The Morgan fingerprint density at radius 3 is 2.64 bits per heavy atom. The van der Waals surface area contributed by atoms with Gasteiger partial charge in [-0.25, -0.2) is 0 Å². The predicted molar refractivity (Wildman–Crippen MR) is 95.6 cm³/mol. The zero-order chi connectivity index (χ0) is 17.6. The highest BCUT2D eigenvalue weighted by atomic mass is 16.5. The Morgan fingerprint density at radius 1 is 1.24 bits per heavy atom. The van der Waals surface area contributed by atoms with Gasteiger partial charge in [-0.2, -0.15) is 0 Å². The number of nitrogens with zero attached hydrogens (tertiary/aromatic N) is 1. The normalized spacial score (nSPS) is 23.9. The molecule has 2 atom stereocenters. The molecule has 136 valence electrons. The smallest absolute Gasteiger partial charge is 0.279 e. The number of quaternary nitrogens is 1. The summed E-state index contributed by atoms with van der Waals surface area (Å²) in [6.45, 7) is 5.23. The van der Waals surface area contributed by atoms with Crippen LogP contribution in [0.1, 0.15) is 12.8 Å². The monoisotopic (exact) mass is 347 g/mol. The van der Waals surface area contributed by atoms with Crippen molar-refractivity contribution >= 4 is 23.2 Å². The molecule has 0 spiro atoms. The van der Waals surface area contributed by atoms with Crippen LogP contribution in [0.5, 0.6) is 0 Å². The summed E-state index contributed by atoms with van der Waals surface area (Å²) in [6.07, 6.45) is 1.77. The topological polar surface area (TPSA) is 89.1 Å². The minimum atomic E-state index is -0.253. The highest BCUT2D eigenvalue weighted by molar-refractivity contribution is 5.91. The number of primary amides is 1. The zero-order valence-electron chi connectivity index (χ0n) is 14.5. The Hall–Kier alpha value is -2.12. The summed E-state index contributed by atoms with van der Waals surface area (Å²) in [6, 6.07) is 7.91. The lowest BCUT2D eigenvalue weighted by molar-refractivity contribution is -0.899. The van der Waals surface area contributed by atoms with E-state index in [1.54, 1.807) is 0 Å². The first-order chi connectivity index (χ1) is 12.1. The van der Waals surface area contributed by atoms with Crippen molar-refractivity contribution in [1.29, 1.82) is 0 Å². The van der Waals surface area contributed by atoms with Crippen LogP contribution in [0.25, 0.3) is 0 Å². The van der Waals surface area contributed by atoms with E-state index in [0.29, 0.717) is 13.1 Å². The molecule has 1 aromatic carbocycles. The number of likely N-dealkylation sites (tertiary alicyclic amines) is 1. The van der Waals surface area contributed by atoms with Gasteiger partial charge < -0.3 is 25.6 Å². The highest BCUT2D eigenvalue weighted by Crippen LogP contribution is 2.18. The Morgan fingerprint density at radius 2 is 1.96 bits per heavy atom. The second-order valence-corrected chi connectivity index (χ2v) is 6.82. The minimum Gasteiger partial charge on any atom is -0.378 e. The van der Waals surface area contributed by atoms with Crippen molar-refractivity contribution in [1.82, 2.24) is 0 Å². The third kappa shape index (κ3) is 4.93. The van der Waals surface area contributed by atoms with Gasteiger partial charge in [0.2, 0.25) is 5.91 Å². The quantitative estimate of drug-likeness (QED) is 0.653. The summed E-state index contributed by atoms with van der Waals surface area (Å²) in [7, 11) is 0. The van der Waals surface area contributed by atoms with Crippen LogP contribution in [0.15, 0.2) is 24.3 Å². The molecule has 0 aliphatic carbocycles. The molecule has 0 saturated carbocycles. The number of amides is 2. The third-order valence-electron chi connectivity index (χ3n) is 4.96. The van der Waals surface area contributed by atoms with Crippen molar-refractivity contribution in [2.75, 3.05) is 56.2 Å². The molecule has 0 bridgehead atoms. The lowest BCUT2D eigenvalue weighted by Crippen LogP contribution is -3.14. The summed E-state index contributed by atoms with van der Waals surface area (Å²) < 4.78 is 5.36. The van der Waals surface area contributed by atoms with Crippen LogP contribution in [-0.4, -0.2) is 57.8 Å². The average molecular weight is 347 g/mol. The fourth-order valence-corrected chi connectivity index (χ4v) is 3.56. The molecular formula is C18H27N4O3+. The van der Waals surface area contributed by atoms with Gasteiger partial charge >= 0.3 is 0 Å². The van der Waals surface area contributed by atoms with Crippen LogP contribution < -0.4 is 20.9 Å². The van der Waals surface area contributed by atoms with E-state index in [9.17, 15) is 9.59 Å². The van der Waals surface area contributed by atoms with Crippen LogP contribution in [0, 0.1) is 5.92 Å². The van der Waals surface area contributed by atoms with Crippen molar-refractivity contribution < 1.29 is 19.2 Å². The zero-order valence-corrected chi connectivity index (χ0v) is 14.5. The Kier molecular flexibility index (Phi) is 5.88. The molecule has 4 N–H and O–H groups in total. The van der Waals surface area contributed by atoms with E-state index in [2.05, 4.69) is 10.2 Å². The summed E-state index contributed by atoms with van der Waals surface area (Å²) in [5.74, 6) is -0.389. The number of rotatable bonds is 5. The molecule has 2 fully saturated rings. The molecule has 2 heterocycles. The Labute approximate surface area is 148 Å². The van der Waals surface area contributed by atoms with E-state index in [4.69, 9.17) is 10.5 Å². The second-order valence-electron chi connectivity index (χ2n) is 6.82. The predicted octanol–water partition coefficient (Wildman–Crippen LogP) is -0.758. The fourth-order valence-electron chi connectivity index (χ4n) is 3.56. The van der Waals surface area contributed by atoms with Crippen molar-refractivity contribution in [3.63, 3.8) is 0 Å². The second kappa shape index (κ2) is 8.31. The van der Waals surface area contributed by atoms with Gasteiger partial charge in [0.15, 0.2) is 6.54 Å². The van der Waals surface area contributed by atoms with Crippen LogP contribution in [0.2, 0.25) is 0 Å². The number of nitrogens with one attached hydrogen (secondary N) is 2. The Balaban J connectivity index is 1.50. The first-order valence-corrected chi connectivity index (χ1v) is 8.97. The molecule has 7 nitrogen and oxygen atoms in total. The van der Waals surface area contributed by atoms with Gasteiger partial charge in [-0.05, 0) is 37.1 Å².